The standard InChI is InChI=1S/C19H15NO5/c21-14(22)11-20-16(12-7-3-1-4-8-12)15(18(24)19(20)25)17(23)13-9-5-2-6-10-13/h1-10,16,23H,11H2,(H,21,22)/p-1/t16-/m0/s1. The predicted octanol–water partition coefficient (Wildman–Crippen LogP) is 0.858. The predicted molar refractivity (Wildman–Crippen MR) is 86.9 cm³/mol. The first kappa shape index (κ1) is 16.4. The summed E-state index contributed by atoms with van der Waals surface area (Å²) in [5, 5.41) is 21.6. The van der Waals surface area contributed by atoms with Crippen molar-refractivity contribution in [1.82, 2.24) is 4.90 Å². The van der Waals surface area contributed by atoms with Crippen LogP contribution in [0.5, 0.6) is 0 Å². The Morgan fingerprint density at radius 1 is 1.00 bits per heavy atom. The molecule has 0 spiro atoms. The van der Waals surface area contributed by atoms with Gasteiger partial charge in [0, 0.05) is 5.56 Å². The van der Waals surface area contributed by atoms with Crippen LogP contribution in [0.4, 0.5) is 0 Å². The van der Waals surface area contributed by atoms with Gasteiger partial charge >= 0.3 is 0 Å². The third kappa shape index (κ3) is 3.01. The minimum absolute atomic E-state index is 0.136. The number of carbonyl (C=O) groups excluding carboxylic acids is 3. The van der Waals surface area contributed by atoms with Gasteiger partial charge in [0.05, 0.1) is 24.1 Å². The first-order valence-corrected chi connectivity index (χ1v) is 7.59. The third-order valence-corrected chi connectivity index (χ3v) is 4.00. The lowest BCUT2D eigenvalue weighted by molar-refractivity contribution is -0.306. The summed E-state index contributed by atoms with van der Waals surface area (Å²) in [5.74, 6) is -3.72. The third-order valence-electron chi connectivity index (χ3n) is 4.00. The molecule has 25 heavy (non-hydrogen) atoms. The fourth-order valence-corrected chi connectivity index (χ4v) is 2.92. The number of aliphatic hydroxyl groups excluding tert-OH is 1. The topological polar surface area (TPSA) is 97.7 Å². The molecule has 0 unspecified atom stereocenters. The number of Topliss-reactive ketones (excluding diaryl/α,β-unsaturated/α-hetero) is 1. The van der Waals surface area contributed by atoms with Crippen LogP contribution < -0.4 is 5.11 Å². The van der Waals surface area contributed by atoms with Crippen molar-refractivity contribution >= 4 is 23.4 Å². The van der Waals surface area contributed by atoms with Gasteiger partial charge in [-0.25, -0.2) is 0 Å². The van der Waals surface area contributed by atoms with Gasteiger partial charge in [-0.3, -0.25) is 9.59 Å². The van der Waals surface area contributed by atoms with Gasteiger partial charge in [-0.15, -0.1) is 0 Å². The Labute approximate surface area is 143 Å². The molecule has 0 radical (unpaired) electrons. The molecular weight excluding hydrogens is 322 g/mol. The molecular formula is C19H14NO5-. The summed E-state index contributed by atoms with van der Waals surface area (Å²) in [7, 11) is 0. The van der Waals surface area contributed by atoms with Gasteiger partial charge in [-0.1, -0.05) is 60.7 Å². The summed E-state index contributed by atoms with van der Waals surface area (Å²) in [5.41, 5.74) is 0.763. The number of amides is 1. The lowest BCUT2D eigenvalue weighted by atomic mass is 9.95. The van der Waals surface area contributed by atoms with Crippen molar-refractivity contribution in [3.63, 3.8) is 0 Å². The van der Waals surface area contributed by atoms with Crippen LogP contribution in [-0.2, 0) is 14.4 Å². The molecule has 1 N–H and O–H groups in total. The molecule has 1 heterocycles. The molecule has 0 bridgehead atoms. The molecule has 2 aromatic rings. The molecule has 6 nitrogen and oxygen atoms in total. The highest BCUT2D eigenvalue weighted by molar-refractivity contribution is 6.46. The van der Waals surface area contributed by atoms with Crippen molar-refractivity contribution in [3.05, 3.63) is 77.4 Å². The number of benzene rings is 2. The van der Waals surface area contributed by atoms with Crippen molar-refractivity contribution in [3.8, 4) is 0 Å². The van der Waals surface area contributed by atoms with Crippen LogP contribution in [0.2, 0.25) is 0 Å². The minimum Gasteiger partial charge on any atom is -0.548 e. The molecule has 1 amide bonds. The van der Waals surface area contributed by atoms with Crippen LogP contribution in [0.15, 0.2) is 66.2 Å². The monoisotopic (exact) mass is 336 g/mol. The van der Waals surface area contributed by atoms with Gasteiger partial charge in [-0.05, 0) is 5.56 Å². The molecule has 0 aliphatic carbocycles. The lowest BCUT2D eigenvalue weighted by Crippen LogP contribution is -2.40. The van der Waals surface area contributed by atoms with Crippen molar-refractivity contribution < 1.29 is 24.6 Å². The van der Waals surface area contributed by atoms with Crippen molar-refractivity contribution in [2.75, 3.05) is 6.54 Å². The number of likely N-dealkylation sites (tertiary alicyclic amines) is 1. The number of carboxylic acid groups (broad SMARTS) is 1. The zero-order valence-corrected chi connectivity index (χ0v) is 13.1. The van der Waals surface area contributed by atoms with Gasteiger partial charge in [0.25, 0.3) is 11.7 Å². The summed E-state index contributed by atoms with van der Waals surface area (Å²) in [6, 6.07) is 15.8. The molecule has 1 aliphatic rings. The Bertz CT molecular complexity index is 858. The number of nitrogens with zero attached hydrogens (tertiary/aromatic N) is 1. The highest BCUT2D eigenvalue weighted by Gasteiger charge is 2.45. The first-order valence-electron chi connectivity index (χ1n) is 7.59. The quantitative estimate of drug-likeness (QED) is 0.507. The smallest absolute Gasteiger partial charge is 0.295 e. The average Bonchev–Trinajstić information content (AvgIpc) is 2.87. The molecule has 1 saturated heterocycles. The normalized spacial score (nSPS) is 19.2. The summed E-state index contributed by atoms with van der Waals surface area (Å²) < 4.78 is 0. The minimum atomic E-state index is -1.48. The van der Waals surface area contributed by atoms with Gasteiger partial charge in [0.15, 0.2) is 0 Å². The number of hydrogen-bond donors (Lipinski definition) is 1. The average molecular weight is 336 g/mol. The van der Waals surface area contributed by atoms with E-state index in [0.29, 0.717) is 11.1 Å². The summed E-state index contributed by atoms with van der Waals surface area (Å²) in [6.45, 7) is -0.740. The maximum atomic E-state index is 12.5. The lowest BCUT2D eigenvalue weighted by Gasteiger charge is -2.25. The van der Waals surface area contributed by atoms with E-state index in [9.17, 15) is 24.6 Å². The van der Waals surface area contributed by atoms with E-state index in [-0.39, 0.29) is 11.3 Å². The Balaban J connectivity index is 2.19. The van der Waals surface area contributed by atoms with Crippen molar-refractivity contribution in [1.29, 1.82) is 0 Å². The van der Waals surface area contributed by atoms with Crippen LogP contribution in [0, 0.1) is 0 Å². The molecule has 0 saturated carbocycles. The SMILES string of the molecule is O=C([O-])CN1C(=O)C(=O)C(=C(O)c2ccccc2)[C@@H]1c1ccccc1. The second-order valence-corrected chi connectivity index (χ2v) is 5.58. The number of ketones is 1. The largest absolute Gasteiger partial charge is 0.548 e. The summed E-state index contributed by atoms with van der Waals surface area (Å²) in [4.78, 5) is 36.7. The zero-order chi connectivity index (χ0) is 18.0. The molecule has 6 heteroatoms. The first-order chi connectivity index (χ1) is 12.0. The Morgan fingerprint density at radius 3 is 2.12 bits per heavy atom. The summed E-state index contributed by atoms with van der Waals surface area (Å²) >= 11 is 0. The molecule has 0 aromatic heterocycles. The van der Waals surface area contributed by atoms with E-state index in [2.05, 4.69) is 0 Å². The van der Waals surface area contributed by atoms with Crippen LogP contribution >= 0.6 is 0 Å². The maximum absolute atomic E-state index is 12.5. The van der Waals surface area contributed by atoms with E-state index >= 15 is 0 Å². The van der Waals surface area contributed by atoms with Gasteiger partial charge < -0.3 is 19.9 Å². The fourth-order valence-electron chi connectivity index (χ4n) is 2.92. The number of carboxylic acids is 1. The molecule has 1 atom stereocenters. The van der Waals surface area contributed by atoms with Gasteiger partial charge in [-0.2, -0.15) is 0 Å². The molecule has 1 fully saturated rings. The Morgan fingerprint density at radius 2 is 1.56 bits per heavy atom. The van der Waals surface area contributed by atoms with Crippen LogP contribution in [0.1, 0.15) is 17.2 Å². The summed E-state index contributed by atoms with van der Waals surface area (Å²) in [6.07, 6.45) is 0. The number of rotatable bonds is 4. The van der Waals surface area contributed by atoms with Crippen LogP contribution in [0.3, 0.4) is 0 Å². The maximum Gasteiger partial charge on any atom is 0.295 e. The number of aliphatic hydroxyl groups is 1. The number of hydrogen-bond acceptors (Lipinski definition) is 5. The molecule has 126 valence electrons. The molecule has 1 aliphatic heterocycles. The van der Waals surface area contributed by atoms with E-state index in [1.54, 1.807) is 60.7 Å². The van der Waals surface area contributed by atoms with E-state index in [4.69, 9.17) is 0 Å². The van der Waals surface area contributed by atoms with E-state index in [1.807, 2.05) is 0 Å². The number of carbonyl (C=O) groups is 3. The van der Waals surface area contributed by atoms with Gasteiger partial charge in [0.1, 0.15) is 5.76 Å². The van der Waals surface area contributed by atoms with Gasteiger partial charge in [0.2, 0.25) is 0 Å². The van der Waals surface area contributed by atoms with Crippen LogP contribution in [0.25, 0.3) is 5.76 Å². The Hall–Kier alpha value is -3.41. The second kappa shape index (κ2) is 6.60. The van der Waals surface area contributed by atoms with E-state index in [0.717, 1.165) is 4.90 Å². The molecule has 3 rings (SSSR count). The van der Waals surface area contributed by atoms with E-state index < -0.39 is 30.2 Å². The highest BCUT2D eigenvalue weighted by Crippen LogP contribution is 2.38. The molecule has 2 aromatic carbocycles. The number of aliphatic carboxylic acids is 1. The Kier molecular flexibility index (Phi) is 4.35. The van der Waals surface area contributed by atoms with Crippen LogP contribution in [-0.4, -0.2) is 34.2 Å². The van der Waals surface area contributed by atoms with Crippen molar-refractivity contribution in [2.45, 2.75) is 6.04 Å². The zero-order valence-electron chi connectivity index (χ0n) is 13.1. The second-order valence-electron chi connectivity index (χ2n) is 5.58. The highest BCUT2D eigenvalue weighted by atomic mass is 16.4. The van der Waals surface area contributed by atoms with Crippen molar-refractivity contribution in [2.24, 2.45) is 0 Å². The fraction of sp³-hybridized carbons (Fsp3) is 0.105. The van der Waals surface area contributed by atoms with E-state index in [1.165, 1.54) is 0 Å².